The summed E-state index contributed by atoms with van der Waals surface area (Å²) in [6, 6.07) is 13.6. The van der Waals surface area contributed by atoms with Gasteiger partial charge in [0.2, 0.25) is 5.91 Å². The molecule has 0 aliphatic rings. The zero-order valence-corrected chi connectivity index (χ0v) is 13.3. The van der Waals surface area contributed by atoms with Crippen LogP contribution in [-0.2, 0) is 17.8 Å². The highest BCUT2D eigenvalue weighted by atomic mass is 16.3. The lowest BCUT2D eigenvalue weighted by molar-refractivity contribution is -0.115. The maximum atomic E-state index is 12.4. The van der Waals surface area contributed by atoms with E-state index in [1.54, 1.807) is 0 Å². The maximum absolute atomic E-state index is 12.4. The van der Waals surface area contributed by atoms with Crippen LogP contribution in [0.3, 0.4) is 0 Å². The van der Waals surface area contributed by atoms with E-state index in [0.717, 1.165) is 39.0 Å². The van der Waals surface area contributed by atoms with Crippen molar-refractivity contribution in [2.75, 3.05) is 5.32 Å². The van der Waals surface area contributed by atoms with Gasteiger partial charge in [0, 0.05) is 22.3 Å². The first-order valence-electron chi connectivity index (χ1n) is 7.65. The number of amides is 1. The summed E-state index contributed by atoms with van der Waals surface area (Å²) in [4.78, 5) is 15.8. The lowest BCUT2D eigenvalue weighted by Gasteiger charge is -2.10. The highest BCUT2D eigenvalue weighted by Crippen LogP contribution is 2.23. The zero-order valence-electron chi connectivity index (χ0n) is 13.3. The van der Waals surface area contributed by atoms with Gasteiger partial charge in [0.1, 0.15) is 0 Å². The van der Waals surface area contributed by atoms with Gasteiger partial charge in [0.25, 0.3) is 0 Å². The van der Waals surface area contributed by atoms with E-state index in [1.165, 1.54) is 0 Å². The normalized spacial score (nSPS) is 10.9. The van der Waals surface area contributed by atoms with Crippen molar-refractivity contribution in [3.05, 3.63) is 64.8 Å². The lowest BCUT2D eigenvalue weighted by atomic mass is 10.1. The Labute approximate surface area is 135 Å². The van der Waals surface area contributed by atoms with E-state index < -0.39 is 0 Å². The SMILES string of the molecule is Cc1ccc(CO)cc1NC(=O)Cc1c(C)[nH]c2ccccc12. The number of H-pyrrole nitrogens is 1. The molecular weight excluding hydrogens is 288 g/mol. The van der Waals surface area contributed by atoms with E-state index in [2.05, 4.69) is 10.3 Å². The molecule has 23 heavy (non-hydrogen) atoms. The summed E-state index contributed by atoms with van der Waals surface area (Å²) in [5.74, 6) is -0.0592. The number of hydrogen-bond acceptors (Lipinski definition) is 2. The molecule has 0 saturated carbocycles. The summed E-state index contributed by atoms with van der Waals surface area (Å²) in [7, 11) is 0. The first-order chi connectivity index (χ1) is 11.1. The second-order valence-electron chi connectivity index (χ2n) is 5.81. The van der Waals surface area contributed by atoms with Crippen LogP contribution in [-0.4, -0.2) is 16.0 Å². The molecule has 3 rings (SSSR count). The highest BCUT2D eigenvalue weighted by molar-refractivity contribution is 5.96. The number of fused-ring (bicyclic) bond motifs is 1. The molecule has 4 heteroatoms. The van der Waals surface area contributed by atoms with Crippen LogP contribution in [0.15, 0.2) is 42.5 Å². The van der Waals surface area contributed by atoms with Crippen LogP contribution in [0.1, 0.15) is 22.4 Å². The topological polar surface area (TPSA) is 65.1 Å². The van der Waals surface area contributed by atoms with Gasteiger partial charge >= 0.3 is 0 Å². The van der Waals surface area contributed by atoms with Crippen molar-refractivity contribution in [1.29, 1.82) is 0 Å². The van der Waals surface area contributed by atoms with Gasteiger partial charge in [-0.3, -0.25) is 4.79 Å². The molecule has 118 valence electrons. The van der Waals surface area contributed by atoms with Crippen molar-refractivity contribution in [2.24, 2.45) is 0 Å². The number of aliphatic hydroxyl groups is 1. The Bertz CT molecular complexity index is 865. The summed E-state index contributed by atoms with van der Waals surface area (Å²) in [5, 5.41) is 13.3. The molecule has 0 fully saturated rings. The van der Waals surface area contributed by atoms with Gasteiger partial charge in [-0.25, -0.2) is 0 Å². The van der Waals surface area contributed by atoms with Crippen molar-refractivity contribution in [1.82, 2.24) is 4.98 Å². The van der Waals surface area contributed by atoms with E-state index in [1.807, 2.05) is 56.3 Å². The summed E-state index contributed by atoms with van der Waals surface area (Å²) in [6.07, 6.45) is 0.318. The molecule has 0 atom stereocenters. The number of benzene rings is 2. The van der Waals surface area contributed by atoms with Crippen molar-refractivity contribution in [3.8, 4) is 0 Å². The van der Waals surface area contributed by atoms with Crippen LogP contribution in [0.4, 0.5) is 5.69 Å². The number of aryl methyl sites for hydroxylation is 2. The minimum Gasteiger partial charge on any atom is -0.392 e. The molecule has 3 aromatic rings. The Morgan fingerprint density at radius 3 is 2.74 bits per heavy atom. The minimum absolute atomic E-state index is 0.0370. The quantitative estimate of drug-likeness (QED) is 0.691. The van der Waals surface area contributed by atoms with Crippen molar-refractivity contribution in [3.63, 3.8) is 0 Å². The average molecular weight is 308 g/mol. The van der Waals surface area contributed by atoms with Crippen LogP contribution < -0.4 is 5.32 Å². The second kappa shape index (κ2) is 6.26. The van der Waals surface area contributed by atoms with Crippen LogP contribution in [0.5, 0.6) is 0 Å². The number of aliphatic hydroxyl groups excluding tert-OH is 1. The fraction of sp³-hybridized carbons (Fsp3) is 0.211. The number of para-hydroxylation sites is 1. The Kier molecular flexibility index (Phi) is 4.17. The number of rotatable bonds is 4. The standard InChI is InChI=1S/C19H20N2O2/c1-12-7-8-14(11-22)9-18(12)21-19(23)10-16-13(2)20-17-6-4-3-5-15(16)17/h3-9,20,22H,10-11H2,1-2H3,(H,21,23). The number of hydrogen-bond donors (Lipinski definition) is 3. The summed E-state index contributed by atoms with van der Waals surface area (Å²) < 4.78 is 0. The smallest absolute Gasteiger partial charge is 0.228 e. The summed E-state index contributed by atoms with van der Waals surface area (Å²) >= 11 is 0. The van der Waals surface area contributed by atoms with Crippen molar-refractivity contribution in [2.45, 2.75) is 26.9 Å². The van der Waals surface area contributed by atoms with E-state index in [9.17, 15) is 9.90 Å². The maximum Gasteiger partial charge on any atom is 0.228 e. The third-order valence-corrected chi connectivity index (χ3v) is 4.12. The fourth-order valence-electron chi connectivity index (χ4n) is 2.82. The Hall–Kier alpha value is -2.59. The molecule has 0 bridgehead atoms. The molecule has 0 spiro atoms. The number of nitrogens with one attached hydrogen (secondary N) is 2. The second-order valence-corrected chi connectivity index (χ2v) is 5.81. The molecular formula is C19H20N2O2. The highest BCUT2D eigenvalue weighted by Gasteiger charge is 2.13. The lowest BCUT2D eigenvalue weighted by Crippen LogP contribution is -2.15. The minimum atomic E-state index is -0.0592. The number of carbonyl (C=O) groups excluding carboxylic acids is 1. The van der Waals surface area contributed by atoms with Crippen molar-refractivity contribution < 1.29 is 9.90 Å². The molecule has 1 aromatic heterocycles. The largest absolute Gasteiger partial charge is 0.392 e. The average Bonchev–Trinajstić information content (AvgIpc) is 2.85. The third kappa shape index (κ3) is 3.12. The van der Waals surface area contributed by atoms with Gasteiger partial charge in [-0.15, -0.1) is 0 Å². The van der Waals surface area contributed by atoms with Gasteiger partial charge in [-0.1, -0.05) is 30.3 Å². The monoisotopic (exact) mass is 308 g/mol. The van der Waals surface area contributed by atoms with E-state index in [4.69, 9.17) is 0 Å². The molecule has 0 saturated heterocycles. The number of aromatic nitrogens is 1. The Morgan fingerprint density at radius 2 is 1.96 bits per heavy atom. The van der Waals surface area contributed by atoms with Gasteiger partial charge in [0.05, 0.1) is 13.0 Å². The molecule has 0 aliphatic heterocycles. The number of anilines is 1. The van der Waals surface area contributed by atoms with Gasteiger partial charge in [-0.2, -0.15) is 0 Å². The van der Waals surface area contributed by atoms with Crippen LogP contribution in [0.25, 0.3) is 10.9 Å². The van der Waals surface area contributed by atoms with E-state index in [0.29, 0.717) is 6.42 Å². The number of aromatic amines is 1. The fourth-order valence-corrected chi connectivity index (χ4v) is 2.82. The zero-order chi connectivity index (χ0) is 16.4. The van der Waals surface area contributed by atoms with Gasteiger partial charge < -0.3 is 15.4 Å². The Balaban J connectivity index is 1.83. The van der Waals surface area contributed by atoms with Crippen LogP contribution in [0.2, 0.25) is 0 Å². The van der Waals surface area contributed by atoms with Gasteiger partial charge in [-0.05, 0) is 42.7 Å². The van der Waals surface area contributed by atoms with Gasteiger partial charge in [0.15, 0.2) is 0 Å². The molecule has 0 radical (unpaired) electrons. The molecule has 0 unspecified atom stereocenters. The van der Waals surface area contributed by atoms with E-state index in [-0.39, 0.29) is 12.5 Å². The predicted molar refractivity (Wildman–Crippen MR) is 92.5 cm³/mol. The predicted octanol–water partition coefficient (Wildman–Crippen LogP) is 3.46. The van der Waals surface area contributed by atoms with E-state index >= 15 is 0 Å². The molecule has 1 heterocycles. The summed E-state index contributed by atoms with van der Waals surface area (Å²) in [5.41, 5.74) is 5.60. The first kappa shape index (κ1) is 15.3. The molecule has 0 aliphatic carbocycles. The number of carbonyl (C=O) groups is 1. The molecule has 4 nitrogen and oxygen atoms in total. The Morgan fingerprint density at radius 1 is 1.17 bits per heavy atom. The van der Waals surface area contributed by atoms with Crippen LogP contribution >= 0.6 is 0 Å². The van der Waals surface area contributed by atoms with Crippen LogP contribution in [0, 0.1) is 13.8 Å². The third-order valence-electron chi connectivity index (χ3n) is 4.12. The van der Waals surface area contributed by atoms with Crippen molar-refractivity contribution >= 4 is 22.5 Å². The molecule has 3 N–H and O–H groups in total. The molecule has 1 amide bonds. The summed E-state index contributed by atoms with van der Waals surface area (Å²) in [6.45, 7) is 3.89. The first-order valence-corrected chi connectivity index (χ1v) is 7.65. The molecule has 2 aromatic carbocycles.